The SMILES string of the molecule is CC(=O)NC[C@H]1CN(c2ccc(N3CCN(OC(=O)C=Cc4ccc(CO)o4)CC3)c(F)c2)C(=O)O1. The van der Waals surface area contributed by atoms with Crippen LogP contribution in [0.1, 0.15) is 18.4 Å². The molecule has 2 aromatic rings. The van der Waals surface area contributed by atoms with E-state index in [0.717, 1.165) is 0 Å². The number of aliphatic hydroxyl groups is 1. The van der Waals surface area contributed by atoms with Crippen LogP contribution in [0.2, 0.25) is 0 Å². The largest absolute Gasteiger partial charge is 0.459 e. The summed E-state index contributed by atoms with van der Waals surface area (Å²) in [5, 5.41) is 13.1. The van der Waals surface area contributed by atoms with Gasteiger partial charge in [0, 0.05) is 26.1 Å². The zero-order chi connectivity index (χ0) is 25.7. The van der Waals surface area contributed by atoms with Gasteiger partial charge in [0.2, 0.25) is 5.91 Å². The number of piperazine rings is 1. The lowest BCUT2D eigenvalue weighted by Gasteiger charge is -2.34. The summed E-state index contributed by atoms with van der Waals surface area (Å²) in [5.74, 6) is -0.469. The number of carbonyl (C=O) groups excluding carboxylic acids is 3. The minimum Gasteiger partial charge on any atom is -0.459 e. The van der Waals surface area contributed by atoms with E-state index in [0.29, 0.717) is 49.1 Å². The van der Waals surface area contributed by atoms with Gasteiger partial charge in [-0.15, -0.1) is 5.06 Å². The van der Waals surface area contributed by atoms with E-state index in [1.54, 1.807) is 24.3 Å². The summed E-state index contributed by atoms with van der Waals surface area (Å²) in [6.07, 6.45) is 1.58. The van der Waals surface area contributed by atoms with Gasteiger partial charge in [0.05, 0.1) is 37.6 Å². The van der Waals surface area contributed by atoms with Crippen molar-refractivity contribution in [2.75, 3.05) is 49.1 Å². The highest BCUT2D eigenvalue weighted by atomic mass is 19.1. The number of hydrogen-bond acceptors (Lipinski definition) is 9. The first-order chi connectivity index (χ1) is 17.3. The number of halogens is 1. The molecular weight excluding hydrogens is 475 g/mol. The second-order valence-electron chi connectivity index (χ2n) is 8.31. The second kappa shape index (κ2) is 11.2. The molecule has 1 atom stereocenters. The number of amides is 2. The van der Waals surface area contributed by atoms with Crippen LogP contribution >= 0.6 is 0 Å². The van der Waals surface area contributed by atoms with Crippen LogP contribution in [-0.4, -0.2) is 73.5 Å². The van der Waals surface area contributed by atoms with Crippen molar-refractivity contribution >= 4 is 35.4 Å². The number of ether oxygens (including phenoxy) is 1. The minimum absolute atomic E-state index is 0.191. The number of carbonyl (C=O) groups is 3. The fourth-order valence-corrected chi connectivity index (χ4v) is 3.91. The maximum absolute atomic E-state index is 15.0. The van der Waals surface area contributed by atoms with Crippen LogP contribution in [0.25, 0.3) is 6.08 Å². The summed E-state index contributed by atoms with van der Waals surface area (Å²) in [6, 6.07) is 7.77. The van der Waals surface area contributed by atoms with Gasteiger partial charge in [0.15, 0.2) is 0 Å². The molecule has 4 rings (SSSR count). The maximum atomic E-state index is 15.0. The molecule has 11 nitrogen and oxygen atoms in total. The van der Waals surface area contributed by atoms with Crippen LogP contribution in [0.5, 0.6) is 0 Å². The molecule has 2 aliphatic heterocycles. The molecule has 2 fully saturated rings. The Hall–Kier alpha value is -3.90. The van der Waals surface area contributed by atoms with E-state index >= 15 is 0 Å². The molecule has 0 unspecified atom stereocenters. The standard InChI is InChI=1S/C24H27FN4O7/c1-16(31)26-13-20-14-29(24(33)35-20)17-2-6-22(21(25)12-17)27-8-10-28(11-9-27)36-23(32)7-5-18-3-4-19(15-30)34-18/h2-7,12,20,30H,8-11,13-15H2,1H3,(H,26,31)/t20-/m0/s1. The molecule has 0 bridgehead atoms. The Labute approximate surface area is 206 Å². The van der Waals surface area contributed by atoms with E-state index in [9.17, 15) is 18.8 Å². The minimum atomic E-state index is -0.595. The third kappa shape index (κ3) is 6.20. The number of nitrogens with zero attached hydrogens (tertiary/aromatic N) is 3. The highest BCUT2D eigenvalue weighted by molar-refractivity contribution is 5.90. The summed E-state index contributed by atoms with van der Waals surface area (Å²) in [5.41, 5.74) is 0.748. The molecule has 0 radical (unpaired) electrons. The smallest absolute Gasteiger partial charge is 0.414 e. The molecule has 192 valence electrons. The average molecular weight is 502 g/mol. The zero-order valence-electron chi connectivity index (χ0n) is 19.7. The Bertz CT molecular complexity index is 1140. The number of rotatable bonds is 8. The van der Waals surface area contributed by atoms with Gasteiger partial charge < -0.3 is 29.3 Å². The average Bonchev–Trinajstić information content (AvgIpc) is 3.48. The maximum Gasteiger partial charge on any atom is 0.414 e. The Morgan fingerprint density at radius 1 is 1.22 bits per heavy atom. The van der Waals surface area contributed by atoms with E-state index in [1.807, 2.05) is 4.90 Å². The molecule has 2 amide bonds. The van der Waals surface area contributed by atoms with Crippen LogP contribution in [0.4, 0.5) is 20.6 Å². The first-order valence-corrected chi connectivity index (χ1v) is 11.4. The first kappa shape index (κ1) is 25.2. The highest BCUT2D eigenvalue weighted by Gasteiger charge is 2.33. The molecule has 2 aliphatic rings. The molecule has 0 aliphatic carbocycles. The Morgan fingerprint density at radius 2 is 2.00 bits per heavy atom. The molecule has 36 heavy (non-hydrogen) atoms. The van der Waals surface area contributed by atoms with Gasteiger partial charge in [-0.05, 0) is 36.4 Å². The van der Waals surface area contributed by atoms with Crippen molar-refractivity contribution in [2.45, 2.75) is 19.6 Å². The van der Waals surface area contributed by atoms with E-state index < -0.39 is 24.0 Å². The summed E-state index contributed by atoms with van der Waals surface area (Å²) in [7, 11) is 0. The number of benzene rings is 1. The number of nitrogens with one attached hydrogen (secondary N) is 1. The van der Waals surface area contributed by atoms with Crippen LogP contribution in [0.3, 0.4) is 0 Å². The van der Waals surface area contributed by atoms with Gasteiger partial charge in [0.1, 0.15) is 30.0 Å². The molecule has 0 saturated carbocycles. The molecule has 3 heterocycles. The topological polar surface area (TPSA) is 125 Å². The van der Waals surface area contributed by atoms with Gasteiger partial charge >= 0.3 is 12.1 Å². The van der Waals surface area contributed by atoms with Crippen LogP contribution < -0.4 is 15.1 Å². The van der Waals surface area contributed by atoms with E-state index in [-0.39, 0.29) is 25.6 Å². The molecular formula is C24H27FN4O7. The van der Waals surface area contributed by atoms with Crippen LogP contribution in [-0.2, 0) is 25.8 Å². The van der Waals surface area contributed by atoms with E-state index in [4.69, 9.17) is 19.1 Å². The van der Waals surface area contributed by atoms with Gasteiger partial charge in [-0.2, -0.15) is 0 Å². The lowest BCUT2D eigenvalue weighted by Crippen LogP contribution is -2.47. The zero-order valence-corrected chi connectivity index (χ0v) is 19.7. The van der Waals surface area contributed by atoms with Crippen molar-refractivity contribution in [2.24, 2.45) is 0 Å². The number of hydroxylamine groups is 2. The second-order valence-corrected chi connectivity index (χ2v) is 8.31. The number of anilines is 2. The van der Waals surface area contributed by atoms with Crippen molar-refractivity contribution in [3.63, 3.8) is 0 Å². The predicted octanol–water partition coefficient (Wildman–Crippen LogP) is 1.67. The number of hydrogen-bond donors (Lipinski definition) is 2. The predicted molar refractivity (Wildman–Crippen MR) is 126 cm³/mol. The van der Waals surface area contributed by atoms with Crippen molar-refractivity contribution in [3.8, 4) is 0 Å². The number of cyclic esters (lactones) is 1. The third-order valence-electron chi connectivity index (χ3n) is 5.72. The molecule has 2 saturated heterocycles. The van der Waals surface area contributed by atoms with Crippen molar-refractivity contribution in [1.29, 1.82) is 0 Å². The molecule has 1 aromatic heterocycles. The Balaban J connectivity index is 1.28. The third-order valence-corrected chi connectivity index (χ3v) is 5.72. The van der Waals surface area contributed by atoms with Crippen LogP contribution in [0, 0.1) is 5.82 Å². The fourth-order valence-electron chi connectivity index (χ4n) is 3.91. The Morgan fingerprint density at radius 3 is 2.67 bits per heavy atom. The highest BCUT2D eigenvalue weighted by Crippen LogP contribution is 2.28. The van der Waals surface area contributed by atoms with Gasteiger partial charge in [0.25, 0.3) is 0 Å². The quantitative estimate of drug-likeness (QED) is 0.519. The number of aliphatic hydroxyl groups excluding tert-OH is 1. The van der Waals surface area contributed by atoms with Crippen molar-refractivity contribution in [1.82, 2.24) is 10.4 Å². The molecule has 12 heteroatoms. The van der Waals surface area contributed by atoms with Crippen molar-refractivity contribution in [3.05, 3.63) is 53.7 Å². The van der Waals surface area contributed by atoms with E-state index in [2.05, 4.69) is 5.32 Å². The van der Waals surface area contributed by atoms with Gasteiger partial charge in [-0.3, -0.25) is 9.69 Å². The fraction of sp³-hybridized carbons (Fsp3) is 0.375. The molecule has 0 spiro atoms. The van der Waals surface area contributed by atoms with Crippen LogP contribution in [0.15, 0.2) is 40.8 Å². The Kier molecular flexibility index (Phi) is 7.86. The lowest BCUT2D eigenvalue weighted by atomic mass is 10.2. The summed E-state index contributed by atoms with van der Waals surface area (Å²) >= 11 is 0. The normalized spacial score (nSPS) is 18.5. The van der Waals surface area contributed by atoms with E-state index in [1.165, 1.54) is 35.1 Å². The summed E-state index contributed by atoms with van der Waals surface area (Å²) in [4.78, 5) is 43.8. The summed E-state index contributed by atoms with van der Waals surface area (Å²) < 4.78 is 25.5. The lowest BCUT2D eigenvalue weighted by molar-refractivity contribution is -0.185. The molecule has 1 aromatic carbocycles. The first-order valence-electron chi connectivity index (χ1n) is 11.4. The van der Waals surface area contributed by atoms with Gasteiger partial charge in [-0.25, -0.2) is 14.0 Å². The summed E-state index contributed by atoms with van der Waals surface area (Å²) in [6.45, 7) is 3.15. The molecule has 2 N–H and O–H groups in total. The monoisotopic (exact) mass is 502 g/mol. The van der Waals surface area contributed by atoms with Gasteiger partial charge in [-0.1, -0.05) is 0 Å². The number of furan rings is 1. The van der Waals surface area contributed by atoms with Crippen molar-refractivity contribution < 1.29 is 37.9 Å².